The number of nitrogens with zero attached hydrogens (tertiary/aromatic N) is 1. The van der Waals surface area contributed by atoms with Crippen molar-refractivity contribution >= 4 is 11.6 Å². The van der Waals surface area contributed by atoms with Crippen LogP contribution in [-0.2, 0) is 0 Å². The van der Waals surface area contributed by atoms with E-state index in [-0.39, 0.29) is 0 Å². The summed E-state index contributed by atoms with van der Waals surface area (Å²) in [6, 6.07) is 0.585. The van der Waals surface area contributed by atoms with Crippen molar-refractivity contribution in [2.75, 3.05) is 20.0 Å². The molecular weight excluding hydrogens is 182 g/mol. The van der Waals surface area contributed by atoms with Crippen LogP contribution >= 0.6 is 11.6 Å². The van der Waals surface area contributed by atoms with Gasteiger partial charge in [-0.2, -0.15) is 0 Å². The largest absolute Gasteiger partial charge is 0.306 e. The fourth-order valence-electron chi connectivity index (χ4n) is 1.10. The second-order valence-electron chi connectivity index (χ2n) is 3.80. The van der Waals surface area contributed by atoms with E-state index in [4.69, 9.17) is 11.6 Å². The number of hydrogen-bond donors (Lipinski definition) is 0. The quantitative estimate of drug-likeness (QED) is 0.473. The minimum atomic E-state index is 0.585. The van der Waals surface area contributed by atoms with E-state index >= 15 is 0 Å². The predicted octanol–water partition coefficient (Wildman–Crippen LogP) is 3.29. The molecule has 1 unspecified atom stereocenters. The van der Waals surface area contributed by atoms with Crippen LogP contribution in [0.3, 0.4) is 0 Å². The molecule has 0 aromatic carbocycles. The van der Waals surface area contributed by atoms with Gasteiger partial charge in [0.1, 0.15) is 0 Å². The summed E-state index contributed by atoms with van der Waals surface area (Å²) in [6.45, 7) is 4.42. The second kappa shape index (κ2) is 7.40. The first-order valence-electron chi connectivity index (χ1n) is 5.02. The first-order chi connectivity index (χ1) is 6.11. The van der Waals surface area contributed by atoms with E-state index < -0.39 is 0 Å². The first kappa shape index (κ1) is 13.0. The van der Waals surface area contributed by atoms with Gasteiger partial charge in [0.15, 0.2) is 0 Å². The number of hydrogen-bond acceptors (Lipinski definition) is 1. The molecule has 0 N–H and O–H groups in total. The highest BCUT2D eigenvalue weighted by molar-refractivity contribution is 6.19. The zero-order valence-electron chi connectivity index (χ0n) is 9.31. The van der Waals surface area contributed by atoms with Gasteiger partial charge in [0.2, 0.25) is 0 Å². The summed E-state index contributed by atoms with van der Waals surface area (Å²) in [4.78, 5) is 2.23. The van der Waals surface area contributed by atoms with Crippen molar-refractivity contribution in [3.8, 4) is 0 Å². The van der Waals surface area contributed by atoms with Crippen LogP contribution in [-0.4, -0.2) is 30.9 Å². The molecule has 0 aliphatic heterocycles. The Morgan fingerprint density at radius 2 is 2.08 bits per heavy atom. The molecule has 0 saturated carbocycles. The molecule has 1 nitrogen and oxygen atoms in total. The van der Waals surface area contributed by atoms with Crippen molar-refractivity contribution in [2.24, 2.45) is 0 Å². The van der Waals surface area contributed by atoms with Gasteiger partial charge in [-0.25, -0.2) is 0 Å². The summed E-state index contributed by atoms with van der Waals surface area (Å²) < 4.78 is 0. The van der Waals surface area contributed by atoms with Gasteiger partial charge in [0, 0.05) is 11.9 Å². The van der Waals surface area contributed by atoms with E-state index in [0.717, 1.165) is 12.8 Å². The van der Waals surface area contributed by atoms with Crippen LogP contribution in [0, 0.1) is 0 Å². The smallest absolute Gasteiger partial charge is 0.0434 e. The van der Waals surface area contributed by atoms with Gasteiger partial charge >= 0.3 is 0 Å². The number of allylic oxidation sites excluding steroid dienone is 1. The highest BCUT2D eigenvalue weighted by Crippen LogP contribution is 2.12. The molecule has 0 radical (unpaired) electrons. The maximum absolute atomic E-state index is 5.87. The van der Waals surface area contributed by atoms with Gasteiger partial charge in [0.25, 0.3) is 0 Å². The highest BCUT2D eigenvalue weighted by atomic mass is 35.5. The SMILES string of the molecule is CCCC=C(CCl)CC(C)N(C)C. The van der Waals surface area contributed by atoms with Crippen molar-refractivity contribution in [1.82, 2.24) is 4.90 Å². The lowest BCUT2D eigenvalue weighted by atomic mass is 10.1. The summed E-state index contributed by atoms with van der Waals surface area (Å²) in [7, 11) is 4.21. The van der Waals surface area contributed by atoms with E-state index in [1.165, 1.54) is 12.0 Å². The Kier molecular flexibility index (Phi) is 7.39. The van der Waals surface area contributed by atoms with Crippen LogP contribution in [0.4, 0.5) is 0 Å². The third-order valence-corrected chi connectivity index (χ3v) is 2.68. The molecule has 0 aliphatic carbocycles. The molecule has 0 fully saturated rings. The van der Waals surface area contributed by atoms with Crippen molar-refractivity contribution in [1.29, 1.82) is 0 Å². The van der Waals surface area contributed by atoms with Gasteiger partial charge in [-0.05, 0) is 33.9 Å². The Balaban J connectivity index is 3.96. The van der Waals surface area contributed by atoms with Crippen LogP contribution in [0.25, 0.3) is 0 Å². The summed E-state index contributed by atoms with van der Waals surface area (Å²) in [5, 5.41) is 0. The summed E-state index contributed by atoms with van der Waals surface area (Å²) in [5.41, 5.74) is 1.38. The van der Waals surface area contributed by atoms with Crippen molar-refractivity contribution in [3.63, 3.8) is 0 Å². The third-order valence-electron chi connectivity index (χ3n) is 2.33. The summed E-state index contributed by atoms with van der Waals surface area (Å²) in [6.07, 6.45) is 5.74. The van der Waals surface area contributed by atoms with Crippen LogP contribution < -0.4 is 0 Å². The topological polar surface area (TPSA) is 3.24 Å². The molecule has 2 heteroatoms. The Hall–Kier alpha value is -0.0100. The lowest BCUT2D eigenvalue weighted by molar-refractivity contribution is 0.312. The zero-order chi connectivity index (χ0) is 10.3. The number of unbranched alkanes of at least 4 members (excludes halogenated alkanes) is 1. The molecule has 0 rings (SSSR count). The lowest BCUT2D eigenvalue weighted by Gasteiger charge is -2.20. The molecule has 0 heterocycles. The molecule has 0 aromatic rings. The third kappa shape index (κ3) is 6.11. The molecule has 0 amide bonds. The number of rotatable bonds is 6. The van der Waals surface area contributed by atoms with Crippen molar-refractivity contribution in [2.45, 2.75) is 39.2 Å². The van der Waals surface area contributed by atoms with E-state index in [2.05, 4.69) is 38.9 Å². The van der Waals surface area contributed by atoms with Gasteiger partial charge in [-0.15, -0.1) is 11.6 Å². The van der Waals surface area contributed by atoms with E-state index in [0.29, 0.717) is 11.9 Å². The van der Waals surface area contributed by atoms with Crippen molar-refractivity contribution < 1.29 is 0 Å². The average molecular weight is 204 g/mol. The first-order valence-corrected chi connectivity index (χ1v) is 5.55. The van der Waals surface area contributed by atoms with Crippen LogP contribution in [0.2, 0.25) is 0 Å². The standard InChI is InChI=1S/C11H22ClN/c1-5-6-7-11(9-12)8-10(2)13(3)4/h7,10H,5-6,8-9H2,1-4H3. The minimum absolute atomic E-state index is 0.585. The Morgan fingerprint density at radius 1 is 1.46 bits per heavy atom. The van der Waals surface area contributed by atoms with Gasteiger partial charge in [-0.3, -0.25) is 0 Å². The molecule has 0 spiro atoms. The highest BCUT2D eigenvalue weighted by Gasteiger charge is 2.06. The van der Waals surface area contributed by atoms with E-state index in [1.807, 2.05) is 0 Å². The fourth-order valence-corrected chi connectivity index (χ4v) is 1.32. The average Bonchev–Trinajstić information content (AvgIpc) is 2.11. The fraction of sp³-hybridized carbons (Fsp3) is 0.818. The zero-order valence-corrected chi connectivity index (χ0v) is 10.1. The van der Waals surface area contributed by atoms with E-state index in [1.54, 1.807) is 0 Å². The number of alkyl halides is 1. The molecule has 0 saturated heterocycles. The monoisotopic (exact) mass is 203 g/mol. The lowest BCUT2D eigenvalue weighted by Crippen LogP contribution is -2.25. The number of halogens is 1. The summed E-state index contributed by atoms with van der Waals surface area (Å²) >= 11 is 5.87. The predicted molar refractivity (Wildman–Crippen MR) is 61.5 cm³/mol. The van der Waals surface area contributed by atoms with Crippen LogP contribution in [0.1, 0.15) is 33.1 Å². The maximum atomic E-state index is 5.87. The minimum Gasteiger partial charge on any atom is -0.306 e. The van der Waals surface area contributed by atoms with Crippen LogP contribution in [0.5, 0.6) is 0 Å². The summed E-state index contributed by atoms with van der Waals surface area (Å²) in [5.74, 6) is 0.679. The van der Waals surface area contributed by atoms with Gasteiger partial charge in [0.05, 0.1) is 0 Å². The Labute approximate surface area is 87.8 Å². The molecule has 78 valence electrons. The van der Waals surface area contributed by atoms with Gasteiger partial charge in [-0.1, -0.05) is 25.0 Å². The Bertz CT molecular complexity index is 152. The molecule has 0 bridgehead atoms. The molecule has 0 aliphatic rings. The van der Waals surface area contributed by atoms with Crippen molar-refractivity contribution in [3.05, 3.63) is 11.6 Å². The van der Waals surface area contributed by atoms with Crippen LogP contribution in [0.15, 0.2) is 11.6 Å². The Morgan fingerprint density at radius 3 is 2.46 bits per heavy atom. The molecule has 0 aromatic heterocycles. The maximum Gasteiger partial charge on any atom is 0.0434 e. The molecule has 1 atom stereocenters. The molecular formula is C11H22ClN. The van der Waals surface area contributed by atoms with E-state index in [9.17, 15) is 0 Å². The molecule has 13 heavy (non-hydrogen) atoms. The van der Waals surface area contributed by atoms with Gasteiger partial charge < -0.3 is 4.90 Å². The normalized spacial score (nSPS) is 15.1. The second-order valence-corrected chi connectivity index (χ2v) is 4.07.